The molecule has 2 aromatic carbocycles. The van der Waals surface area contributed by atoms with Gasteiger partial charge in [0.25, 0.3) is 0 Å². The van der Waals surface area contributed by atoms with Gasteiger partial charge >= 0.3 is 0 Å². The second kappa shape index (κ2) is 7.40. The van der Waals surface area contributed by atoms with Crippen molar-refractivity contribution < 1.29 is 9.13 Å². The molecule has 0 radical (unpaired) electrons. The number of nitrogens with one attached hydrogen (secondary N) is 1. The summed E-state index contributed by atoms with van der Waals surface area (Å²) in [6, 6.07) is 15.0. The Morgan fingerprint density at radius 2 is 1.78 bits per heavy atom. The molecule has 0 atom stereocenters. The highest BCUT2D eigenvalue weighted by Gasteiger charge is 2.16. The van der Waals surface area contributed by atoms with Crippen LogP contribution in [0.15, 0.2) is 48.5 Å². The van der Waals surface area contributed by atoms with E-state index in [1.165, 1.54) is 18.9 Å². The van der Waals surface area contributed by atoms with Crippen LogP contribution in [0.4, 0.5) is 10.1 Å². The first-order valence-electron chi connectivity index (χ1n) is 9.08. The van der Waals surface area contributed by atoms with Crippen LogP contribution in [0.2, 0.25) is 0 Å². The first-order valence-corrected chi connectivity index (χ1v) is 9.08. The van der Waals surface area contributed by atoms with Gasteiger partial charge in [0.15, 0.2) is 0 Å². The predicted molar refractivity (Wildman–Crippen MR) is 106 cm³/mol. The van der Waals surface area contributed by atoms with E-state index >= 15 is 0 Å². The Morgan fingerprint density at radius 3 is 2.48 bits per heavy atom. The number of H-pyrrole nitrogens is 1. The number of anilines is 1. The number of rotatable bonds is 4. The lowest BCUT2D eigenvalue weighted by Crippen LogP contribution is -2.44. The van der Waals surface area contributed by atoms with Gasteiger partial charge in [-0.25, -0.2) is 4.39 Å². The van der Waals surface area contributed by atoms with Crippen molar-refractivity contribution in [2.24, 2.45) is 0 Å². The van der Waals surface area contributed by atoms with E-state index in [9.17, 15) is 4.39 Å². The third-order valence-corrected chi connectivity index (χ3v) is 5.07. The summed E-state index contributed by atoms with van der Waals surface area (Å²) in [5.41, 5.74) is 3.99. The summed E-state index contributed by atoms with van der Waals surface area (Å²) in [4.78, 5) is 4.73. The molecule has 0 bridgehead atoms. The van der Waals surface area contributed by atoms with Crippen molar-refractivity contribution in [3.8, 4) is 28.3 Å². The van der Waals surface area contributed by atoms with E-state index in [2.05, 4.69) is 51.3 Å². The molecule has 0 saturated carbocycles. The van der Waals surface area contributed by atoms with Gasteiger partial charge in [-0.1, -0.05) is 18.2 Å². The van der Waals surface area contributed by atoms with Gasteiger partial charge in [-0.3, -0.25) is 5.10 Å². The fraction of sp³-hybridized carbons (Fsp3) is 0.286. The maximum atomic E-state index is 14.3. The van der Waals surface area contributed by atoms with E-state index in [4.69, 9.17) is 4.74 Å². The Bertz CT molecular complexity index is 914. The van der Waals surface area contributed by atoms with Gasteiger partial charge < -0.3 is 14.5 Å². The van der Waals surface area contributed by atoms with Crippen LogP contribution in [-0.4, -0.2) is 55.4 Å². The van der Waals surface area contributed by atoms with Crippen LogP contribution in [0.5, 0.6) is 5.75 Å². The summed E-state index contributed by atoms with van der Waals surface area (Å²) in [6.45, 7) is 4.23. The molecule has 1 aliphatic rings. The standard InChI is InChI=1S/C21H23FN4O/c1-25-10-12-26(13-11-25)16-8-6-15(7-9-16)18-14-19(24-23-18)21-17(22)4-3-5-20(21)27-2/h3-9,14H,10-13H2,1-2H3,(H,23,24). The molecule has 1 aliphatic heterocycles. The summed E-state index contributed by atoms with van der Waals surface area (Å²) in [5, 5.41) is 7.30. The number of aromatic nitrogens is 2. The van der Waals surface area contributed by atoms with Crippen molar-refractivity contribution in [1.29, 1.82) is 0 Å². The minimum atomic E-state index is -0.338. The fourth-order valence-electron chi connectivity index (χ4n) is 3.44. The Kier molecular flexibility index (Phi) is 4.81. The smallest absolute Gasteiger partial charge is 0.136 e. The lowest BCUT2D eigenvalue weighted by molar-refractivity contribution is 0.313. The summed E-state index contributed by atoms with van der Waals surface area (Å²) in [6.07, 6.45) is 0. The van der Waals surface area contributed by atoms with E-state index in [1.807, 2.05) is 6.07 Å². The number of benzene rings is 2. The molecule has 0 amide bonds. The van der Waals surface area contributed by atoms with Crippen molar-refractivity contribution >= 4 is 5.69 Å². The molecule has 3 aromatic rings. The zero-order chi connectivity index (χ0) is 18.8. The molecule has 0 spiro atoms. The average Bonchev–Trinajstić information content (AvgIpc) is 3.18. The van der Waals surface area contributed by atoms with E-state index < -0.39 is 0 Å². The zero-order valence-electron chi connectivity index (χ0n) is 15.6. The molecule has 1 fully saturated rings. The van der Waals surface area contributed by atoms with Gasteiger partial charge in [0.05, 0.1) is 24.1 Å². The summed E-state index contributed by atoms with van der Waals surface area (Å²) < 4.78 is 19.6. The van der Waals surface area contributed by atoms with Gasteiger partial charge in [-0.05, 0) is 37.4 Å². The van der Waals surface area contributed by atoms with Crippen LogP contribution >= 0.6 is 0 Å². The molecule has 5 nitrogen and oxygen atoms in total. The zero-order valence-corrected chi connectivity index (χ0v) is 15.6. The van der Waals surface area contributed by atoms with Crippen molar-refractivity contribution in [2.75, 3.05) is 45.2 Å². The monoisotopic (exact) mass is 366 g/mol. The third-order valence-electron chi connectivity index (χ3n) is 5.07. The molecule has 0 unspecified atom stereocenters. The van der Waals surface area contributed by atoms with Gasteiger partial charge in [0.2, 0.25) is 0 Å². The lowest BCUT2D eigenvalue weighted by Gasteiger charge is -2.34. The van der Waals surface area contributed by atoms with Crippen molar-refractivity contribution in [2.45, 2.75) is 0 Å². The van der Waals surface area contributed by atoms with Crippen molar-refractivity contribution in [1.82, 2.24) is 15.1 Å². The number of methoxy groups -OCH3 is 1. The Balaban J connectivity index is 1.57. The summed E-state index contributed by atoms with van der Waals surface area (Å²) in [7, 11) is 3.69. The number of nitrogens with zero attached hydrogens (tertiary/aromatic N) is 3. The van der Waals surface area contributed by atoms with E-state index in [0.29, 0.717) is 17.0 Å². The molecule has 2 heterocycles. The average molecular weight is 366 g/mol. The number of halogens is 1. The highest BCUT2D eigenvalue weighted by molar-refractivity contribution is 5.73. The van der Waals surface area contributed by atoms with Gasteiger partial charge in [0.1, 0.15) is 11.6 Å². The normalized spacial score (nSPS) is 15.1. The Labute approximate surface area is 158 Å². The fourth-order valence-corrected chi connectivity index (χ4v) is 3.44. The number of ether oxygens (including phenoxy) is 1. The lowest BCUT2D eigenvalue weighted by atomic mass is 10.1. The van der Waals surface area contributed by atoms with Crippen molar-refractivity contribution in [3.63, 3.8) is 0 Å². The van der Waals surface area contributed by atoms with Crippen LogP contribution in [-0.2, 0) is 0 Å². The van der Waals surface area contributed by atoms with Gasteiger partial charge in [-0.2, -0.15) is 5.10 Å². The number of hydrogen-bond acceptors (Lipinski definition) is 4. The minimum Gasteiger partial charge on any atom is -0.496 e. The Morgan fingerprint density at radius 1 is 1.04 bits per heavy atom. The maximum Gasteiger partial charge on any atom is 0.136 e. The molecular weight excluding hydrogens is 343 g/mol. The minimum absolute atomic E-state index is 0.338. The third kappa shape index (κ3) is 3.53. The van der Waals surface area contributed by atoms with Gasteiger partial charge in [-0.15, -0.1) is 0 Å². The summed E-state index contributed by atoms with van der Waals surface area (Å²) in [5.74, 6) is 0.144. The molecule has 27 heavy (non-hydrogen) atoms. The molecule has 1 saturated heterocycles. The first kappa shape index (κ1) is 17.5. The molecule has 140 valence electrons. The molecular formula is C21H23FN4O. The SMILES string of the molecule is COc1cccc(F)c1-c1cc(-c2ccc(N3CCN(C)CC3)cc2)n[nH]1. The molecule has 1 aromatic heterocycles. The Hall–Kier alpha value is -2.86. The predicted octanol–water partition coefficient (Wildman–Crippen LogP) is 3.64. The second-order valence-electron chi connectivity index (χ2n) is 6.82. The van der Waals surface area contributed by atoms with Crippen LogP contribution < -0.4 is 9.64 Å². The second-order valence-corrected chi connectivity index (χ2v) is 6.82. The number of piperazine rings is 1. The van der Waals surface area contributed by atoms with Crippen LogP contribution in [0.25, 0.3) is 22.5 Å². The molecule has 4 rings (SSSR count). The quantitative estimate of drug-likeness (QED) is 0.766. The van der Waals surface area contributed by atoms with E-state index in [1.54, 1.807) is 12.1 Å². The first-order chi connectivity index (χ1) is 13.2. The van der Waals surface area contributed by atoms with Crippen LogP contribution in [0.1, 0.15) is 0 Å². The van der Waals surface area contributed by atoms with Crippen LogP contribution in [0.3, 0.4) is 0 Å². The molecule has 6 heteroatoms. The molecule has 0 aliphatic carbocycles. The highest BCUT2D eigenvalue weighted by Crippen LogP contribution is 2.33. The largest absolute Gasteiger partial charge is 0.496 e. The maximum absolute atomic E-state index is 14.3. The number of hydrogen-bond donors (Lipinski definition) is 1. The van der Waals surface area contributed by atoms with Crippen LogP contribution in [0, 0.1) is 5.82 Å². The highest BCUT2D eigenvalue weighted by atomic mass is 19.1. The molecule has 1 N–H and O–H groups in total. The summed E-state index contributed by atoms with van der Waals surface area (Å²) >= 11 is 0. The topological polar surface area (TPSA) is 44.4 Å². The van der Waals surface area contributed by atoms with E-state index in [-0.39, 0.29) is 5.82 Å². The van der Waals surface area contributed by atoms with E-state index in [0.717, 1.165) is 37.4 Å². The number of aromatic amines is 1. The van der Waals surface area contributed by atoms with Crippen molar-refractivity contribution in [3.05, 3.63) is 54.3 Å². The number of likely N-dealkylation sites (N-methyl/N-ethyl adjacent to an activating group) is 1. The van der Waals surface area contributed by atoms with Gasteiger partial charge in [0, 0.05) is 37.4 Å².